The third-order valence-electron chi connectivity index (χ3n) is 4.78. The number of nitrogens with one attached hydrogen (secondary N) is 1. The topological polar surface area (TPSA) is 92.3 Å². The molecule has 0 radical (unpaired) electrons. The van der Waals surface area contributed by atoms with Gasteiger partial charge in [0.05, 0.1) is 27.4 Å². The summed E-state index contributed by atoms with van der Waals surface area (Å²) in [6.07, 6.45) is 1.68. The first kappa shape index (κ1) is 20.6. The summed E-state index contributed by atoms with van der Waals surface area (Å²) in [5, 5.41) is 3.56. The molecular formula is C23H20N4O3S. The number of sulfonamides is 1. The molecule has 2 aromatic heterocycles. The van der Waals surface area contributed by atoms with Crippen molar-refractivity contribution in [1.29, 1.82) is 0 Å². The zero-order valence-corrected chi connectivity index (χ0v) is 17.8. The van der Waals surface area contributed by atoms with Crippen LogP contribution in [0.25, 0.3) is 22.3 Å². The minimum absolute atomic E-state index is 0.155. The Labute approximate surface area is 180 Å². The molecule has 0 saturated heterocycles. The zero-order valence-electron chi connectivity index (χ0n) is 17.0. The number of carbonyl (C=O) groups excluding carboxylic acids is 1. The predicted octanol–water partition coefficient (Wildman–Crippen LogP) is 3.80. The third kappa shape index (κ3) is 4.16. The van der Waals surface area contributed by atoms with Crippen LogP contribution in [0.2, 0.25) is 0 Å². The zero-order chi connectivity index (χ0) is 22.0. The summed E-state index contributed by atoms with van der Waals surface area (Å²) >= 11 is 0. The van der Waals surface area contributed by atoms with Crippen LogP contribution < -0.4 is 5.32 Å². The summed E-state index contributed by atoms with van der Waals surface area (Å²) in [7, 11) is -0.592. The minimum Gasteiger partial charge on any atom is -0.322 e. The molecule has 2 heterocycles. The number of amides is 1. The number of hydrogen-bond donors (Lipinski definition) is 1. The fraction of sp³-hybridized carbons (Fsp3) is 0.0870. The molecule has 0 bridgehead atoms. The molecule has 1 amide bonds. The van der Waals surface area contributed by atoms with E-state index in [1.807, 2.05) is 42.5 Å². The summed E-state index contributed by atoms with van der Waals surface area (Å²) in [4.78, 5) is 22.2. The molecule has 31 heavy (non-hydrogen) atoms. The van der Waals surface area contributed by atoms with Gasteiger partial charge < -0.3 is 5.32 Å². The molecule has 0 saturated carbocycles. The lowest BCUT2D eigenvalue weighted by Gasteiger charge is -2.13. The number of fused-ring (bicyclic) bond motifs is 1. The van der Waals surface area contributed by atoms with Gasteiger partial charge in [-0.05, 0) is 48.5 Å². The summed E-state index contributed by atoms with van der Waals surface area (Å²) < 4.78 is 25.6. The Morgan fingerprint density at radius 3 is 2.29 bits per heavy atom. The van der Waals surface area contributed by atoms with Crippen LogP contribution in [0.5, 0.6) is 0 Å². The van der Waals surface area contributed by atoms with Gasteiger partial charge in [0.15, 0.2) is 0 Å². The van der Waals surface area contributed by atoms with Crippen molar-refractivity contribution in [2.75, 3.05) is 19.4 Å². The lowest BCUT2D eigenvalue weighted by Crippen LogP contribution is -2.22. The monoisotopic (exact) mass is 432 g/mol. The number of benzene rings is 2. The number of aromatic nitrogens is 2. The number of anilines is 1. The van der Waals surface area contributed by atoms with Gasteiger partial charge in [0, 0.05) is 31.4 Å². The van der Waals surface area contributed by atoms with Gasteiger partial charge in [-0.1, -0.05) is 24.3 Å². The number of nitrogens with zero attached hydrogens (tertiary/aromatic N) is 3. The van der Waals surface area contributed by atoms with E-state index < -0.39 is 10.0 Å². The quantitative estimate of drug-likeness (QED) is 0.518. The summed E-state index contributed by atoms with van der Waals surface area (Å²) in [6.45, 7) is 0. The van der Waals surface area contributed by atoms with Crippen molar-refractivity contribution in [3.8, 4) is 11.4 Å². The van der Waals surface area contributed by atoms with Gasteiger partial charge in [0.2, 0.25) is 10.0 Å². The summed E-state index contributed by atoms with van der Waals surface area (Å²) in [5.74, 6) is -0.320. The van der Waals surface area contributed by atoms with Crippen molar-refractivity contribution in [2.24, 2.45) is 0 Å². The van der Waals surface area contributed by atoms with E-state index in [4.69, 9.17) is 0 Å². The first-order valence-corrected chi connectivity index (χ1v) is 11.0. The van der Waals surface area contributed by atoms with Gasteiger partial charge in [-0.15, -0.1) is 0 Å². The van der Waals surface area contributed by atoms with E-state index >= 15 is 0 Å². The largest absolute Gasteiger partial charge is 0.322 e. The Balaban J connectivity index is 1.69. The van der Waals surface area contributed by atoms with Crippen LogP contribution in [-0.4, -0.2) is 42.7 Å². The van der Waals surface area contributed by atoms with E-state index in [-0.39, 0.29) is 10.8 Å². The maximum atomic E-state index is 13.1. The third-order valence-corrected chi connectivity index (χ3v) is 6.61. The maximum absolute atomic E-state index is 13.1. The van der Waals surface area contributed by atoms with Crippen molar-refractivity contribution >= 4 is 32.5 Å². The normalized spacial score (nSPS) is 11.6. The van der Waals surface area contributed by atoms with Gasteiger partial charge in [0.25, 0.3) is 5.91 Å². The van der Waals surface area contributed by atoms with Crippen molar-refractivity contribution in [3.05, 3.63) is 84.6 Å². The smallest absolute Gasteiger partial charge is 0.256 e. The fourth-order valence-corrected chi connectivity index (χ4v) is 4.03. The van der Waals surface area contributed by atoms with E-state index in [2.05, 4.69) is 15.3 Å². The molecule has 0 fully saturated rings. The average Bonchev–Trinajstić information content (AvgIpc) is 2.79. The highest BCUT2D eigenvalue weighted by molar-refractivity contribution is 7.89. The van der Waals surface area contributed by atoms with Gasteiger partial charge in [-0.3, -0.25) is 9.78 Å². The second-order valence-electron chi connectivity index (χ2n) is 7.05. The first-order chi connectivity index (χ1) is 14.9. The number of carbonyl (C=O) groups is 1. The molecule has 0 aliphatic rings. The van der Waals surface area contributed by atoms with E-state index in [0.29, 0.717) is 33.5 Å². The lowest BCUT2D eigenvalue weighted by atomic mass is 10.1. The second kappa shape index (κ2) is 8.25. The molecule has 7 nitrogen and oxygen atoms in total. The fourth-order valence-electron chi connectivity index (χ4n) is 3.13. The Morgan fingerprint density at radius 2 is 1.61 bits per heavy atom. The van der Waals surface area contributed by atoms with Crippen molar-refractivity contribution < 1.29 is 13.2 Å². The molecular weight excluding hydrogens is 412 g/mol. The van der Waals surface area contributed by atoms with Gasteiger partial charge >= 0.3 is 0 Å². The SMILES string of the molecule is CN(C)S(=O)(=O)c1ccc(NC(=O)c2cc(-c3ccccn3)nc3ccccc23)cc1. The second-order valence-corrected chi connectivity index (χ2v) is 9.20. The van der Waals surface area contributed by atoms with Crippen LogP contribution in [0.4, 0.5) is 5.69 Å². The minimum atomic E-state index is -3.53. The molecule has 8 heteroatoms. The first-order valence-electron chi connectivity index (χ1n) is 9.51. The van der Waals surface area contributed by atoms with Crippen LogP contribution >= 0.6 is 0 Å². The number of pyridine rings is 2. The molecule has 0 spiro atoms. The van der Waals surface area contributed by atoms with E-state index in [9.17, 15) is 13.2 Å². The van der Waals surface area contributed by atoms with Crippen LogP contribution in [0, 0.1) is 0 Å². The van der Waals surface area contributed by atoms with E-state index in [0.717, 1.165) is 4.31 Å². The Morgan fingerprint density at radius 1 is 0.903 bits per heavy atom. The van der Waals surface area contributed by atoms with Crippen molar-refractivity contribution in [1.82, 2.24) is 14.3 Å². The Bertz CT molecular complexity index is 1350. The standard InChI is InChI=1S/C23H20N4O3S/c1-27(2)31(29,30)17-12-10-16(11-13-17)25-23(28)19-15-22(21-9-5-6-14-24-21)26-20-8-4-3-7-18(19)20/h3-15H,1-2H3,(H,25,28). The number of rotatable bonds is 5. The van der Waals surface area contributed by atoms with Gasteiger partial charge in [-0.2, -0.15) is 0 Å². The van der Waals surface area contributed by atoms with Crippen molar-refractivity contribution in [3.63, 3.8) is 0 Å². The molecule has 4 aromatic rings. The highest BCUT2D eigenvalue weighted by Crippen LogP contribution is 2.25. The van der Waals surface area contributed by atoms with Crippen LogP contribution in [0.3, 0.4) is 0 Å². The Kier molecular flexibility index (Phi) is 5.50. The van der Waals surface area contributed by atoms with Gasteiger partial charge in [-0.25, -0.2) is 17.7 Å². The molecule has 4 rings (SSSR count). The molecule has 2 aromatic carbocycles. The average molecular weight is 433 g/mol. The van der Waals surface area contributed by atoms with E-state index in [1.54, 1.807) is 24.4 Å². The van der Waals surface area contributed by atoms with Crippen LogP contribution in [-0.2, 0) is 10.0 Å². The van der Waals surface area contributed by atoms with Gasteiger partial charge in [0.1, 0.15) is 0 Å². The lowest BCUT2D eigenvalue weighted by molar-refractivity contribution is 0.102. The molecule has 156 valence electrons. The highest BCUT2D eigenvalue weighted by atomic mass is 32.2. The molecule has 0 aliphatic heterocycles. The predicted molar refractivity (Wildman–Crippen MR) is 120 cm³/mol. The molecule has 0 unspecified atom stereocenters. The molecule has 0 atom stereocenters. The summed E-state index contributed by atoms with van der Waals surface area (Å²) in [5.41, 5.74) is 2.89. The number of hydrogen-bond acceptors (Lipinski definition) is 5. The highest BCUT2D eigenvalue weighted by Gasteiger charge is 2.18. The molecule has 1 N–H and O–H groups in total. The van der Waals surface area contributed by atoms with Crippen LogP contribution in [0.1, 0.15) is 10.4 Å². The summed E-state index contributed by atoms with van der Waals surface area (Å²) in [6, 6.07) is 20.7. The maximum Gasteiger partial charge on any atom is 0.256 e. The van der Waals surface area contributed by atoms with E-state index in [1.165, 1.54) is 26.2 Å². The number of para-hydroxylation sites is 1. The van der Waals surface area contributed by atoms with Crippen LogP contribution in [0.15, 0.2) is 83.9 Å². The molecule has 0 aliphatic carbocycles. The van der Waals surface area contributed by atoms with Crippen molar-refractivity contribution in [2.45, 2.75) is 4.90 Å². The Hall–Kier alpha value is -3.62.